The molecule has 1 saturated heterocycles. The molecule has 0 spiro atoms. The second kappa shape index (κ2) is 11.3. The van der Waals surface area contributed by atoms with Crippen LogP contribution in [0.25, 0.3) is 16.9 Å². The molecule has 4 aromatic rings. The van der Waals surface area contributed by atoms with Crippen molar-refractivity contribution < 1.29 is 9.53 Å². The molecule has 0 radical (unpaired) electrons. The summed E-state index contributed by atoms with van der Waals surface area (Å²) in [6.45, 7) is 9.19. The van der Waals surface area contributed by atoms with Gasteiger partial charge in [-0.2, -0.15) is 4.98 Å². The Morgan fingerprint density at radius 2 is 1.92 bits per heavy atom. The maximum absolute atomic E-state index is 12.8. The Hall–Kier alpha value is -4.14. The maximum atomic E-state index is 12.8. The van der Waals surface area contributed by atoms with Crippen LogP contribution < -0.4 is 10.6 Å². The highest BCUT2D eigenvalue weighted by atomic mass is 16.6. The smallest absolute Gasteiger partial charge is 0.410 e. The summed E-state index contributed by atoms with van der Waals surface area (Å²) in [6.07, 6.45) is 6.37. The van der Waals surface area contributed by atoms with E-state index in [1.165, 1.54) is 5.56 Å². The van der Waals surface area contributed by atoms with Gasteiger partial charge < -0.3 is 20.3 Å². The third-order valence-electron chi connectivity index (χ3n) is 6.88. The monoisotopic (exact) mass is 527 g/mol. The molecule has 5 rings (SSSR count). The summed E-state index contributed by atoms with van der Waals surface area (Å²) in [4.78, 5) is 28.4. The van der Waals surface area contributed by atoms with Gasteiger partial charge in [0.2, 0.25) is 5.95 Å². The number of likely N-dealkylation sites (tertiary alicyclic amines) is 1. The van der Waals surface area contributed by atoms with Gasteiger partial charge in [-0.25, -0.2) is 14.8 Å². The Morgan fingerprint density at radius 1 is 1.10 bits per heavy atom. The average Bonchev–Trinajstić information content (AvgIpc) is 3.35. The number of benzene rings is 2. The number of hydrogen-bond donors (Lipinski definition) is 2. The zero-order chi connectivity index (χ0) is 27.4. The number of nitrogens with one attached hydrogen (secondary N) is 2. The van der Waals surface area contributed by atoms with E-state index in [1.807, 2.05) is 72.7 Å². The number of carbonyl (C=O) groups excluding carboxylic acids is 1. The summed E-state index contributed by atoms with van der Waals surface area (Å²) in [7, 11) is 0. The molecule has 2 N–H and O–H groups in total. The third kappa shape index (κ3) is 6.47. The molecule has 0 unspecified atom stereocenters. The molecule has 1 amide bonds. The van der Waals surface area contributed by atoms with Crippen LogP contribution in [-0.4, -0.2) is 55.2 Å². The Bertz CT molecular complexity index is 1410. The molecule has 9 nitrogen and oxygen atoms in total. The number of nitrogens with zero attached hydrogens (tertiary/aromatic N) is 5. The molecule has 2 aromatic carbocycles. The van der Waals surface area contributed by atoms with E-state index in [0.29, 0.717) is 12.5 Å². The molecule has 204 valence electrons. The Kier molecular flexibility index (Phi) is 7.67. The number of imidazole rings is 1. The zero-order valence-electron chi connectivity index (χ0n) is 23.1. The summed E-state index contributed by atoms with van der Waals surface area (Å²) < 4.78 is 7.61. The number of rotatable bonds is 7. The van der Waals surface area contributed by atoms with Crippen LogP contribution in [0.3, 0.4) is 0 Å². The molecule has 3 heterocycles. The van der Waals surface area contributed by atoms with Crippen molar-refractivity contribution in [2.75, 3.05) is 23.7 Å². The first-order valence-corrected chi connectivity index (χ1v) is 13.6. The van der Waals surface area contributed by atoms with Crippen LogP contribution in [0.2, 0.25) is 0 Å². The number of ether oxygens (including phenoxy) is 1. The summed E-state index contributed by atoms with van der Waals surface area (Å²) >= 11 is 0. The first-order valence-electron chi connectivity index (χ1n) is 13.6. The van der Waals surface area contributed by atoms with E-state index in [-0.39, 0.29) is 18.2 Å². The maximum Gasteiger partial charge on any atom is 0.410 e. The number of carbonyl (C=O) groups is 1. The molecule has 0 saturated carbocycles. The average molecular weight is 528 g/mol. The molecule has 0 bridgehead atoms. The van der Waals surface area contributed by atoms with Gasteiger partial charge in [-0.05, 0) is 76.8 Å². The molecule has 1 aliphatic rings. The van der Waals surface area contributed by atoms with Crippen molar-refractivity contribution in [2.24, 2.45) is 0 Å². The number of hydrogen-bond acceptors (Lipinski definition) is 7. The second-order valence-electron chi connectivity index (χ2n) is 11.0. The molecule has 1 aliphatic heterocycles. The fraction of sp³-hybridized carbons (Fsp3) is 0.400. The number of aromatic nitrogens is 4. The molecule has 2 aromatic heterocycles. The van der Waals surface area contributed by atoms with Crippen molar-refractivity contribution in [3.63, 3.8) is 0 Å². The minimum absolute atomic E-state index is 0.0741. The van der Waals surface area contributed by atoms with Gasteiger partial charge in [0.15, 0.2) is 0 Å². The summed E-state index contributed by atoms with van der Waals surface area (Å²) in [5.74, 6) is 1.30. The van der Waals surface area contributed by atoms with E-state index in [0.717, 1.165) is 48.3 Å². The lowest BCUT2D eigenvalue weighted by molar-refractivity contribution is 0.0114. The van der Waals surface area contributed by atoms with Crippen molar-refractivity contribution in [1.29, 1.82) is 0 Å². The second-order valence-corrected chi connectivity index (χ2v) is 11.0. The highest BCUT2D eigenvalue weighted by Gasteiger charge is 2.30. The van der Waals surface area contributed by atoms with Crippen molar-refractivity contribution >= 4 is 28.8 Å². The quantitative estimate of drug-likeness (QED) is 0.296. The van der Waals surface area contributed by atoms with Gasteiger partial charge in [0.05, 0.1) is 23.1 Å². The van der Waals surface area contributed by atoms with Crippen molar-refractivity contribution in [3.05, 3.63) is 72.7 Å². The first kappa shape index (κ1) is 26.5. The van der Waals surface area contributed by atoms with Crippen LogP contribution in [0.4, 0.5) is 16.4 Å². The van der Waals surface area contributed by atoms with Crippen molar-refractivity contribution in [2.45, 2.75) is 64.6 Å². The van der Waals surface area contributed by atoms with E-state index >= 15 is 0 Å². The number of piperidine rings is 1. The van der Waals surface area contributed by atoms with Gasteiger partial charge in [-0.1, -0.05) is 30.3 Å². The van der Waals surface area contributed by atoms with Gasteiger partial charge >= 0.3 is 6.09 Å². The molecule has 39 heavy (non-hydrogen) atoms. The van der Waals surface area contributed by atoms with Gasteiger partial charge in [-0.3, -0.25) is 4.57 Å². The summed E-state index contributed by atoms with van der Waals surface area (Å²) in [6, 6.07) is 18.4. The molecule has 0 aliphatic carbocycles. The number of amides is 1. The Labute approximate surface area is 229 Å². The van der Waals surface area contributed by atoms with Crippen LogP contribution in [0, 0.1) is 0 Å². The lowest BCUT2D eigenvalue weighted by atomic mass is 10.0. The van der Waals surface area contributed by atoms with Gasteiger partial charge in [0.1, 0.15) is 17.7 Å². The van der Waals surface area contributed by atoms with Crippen LogP contribution >= 0.6 is 0 Å². The molecule has 1 fully saturated rings. The highest BCUT2D eigenvalue weighted by molar-refractivity contribution is 5.81. The highest BCUT2D eigenvalue weighted by Crippen LogP contribution is 2.24. The van der Waals surface area contributed by atoms with Gasteiger partial charge in [-0.15, -0.1) is 0 Å². The summed E-state index contributed by atoms with van der Waals surface area (Å²) in [5.41, 5.74) is 3.44. The normalized spacial score (nSPS) is 16.6. The first-order chi connectivity index (χ1) is 18.8. The van der Waals surface area contributed by atoms with Gasteiger partial charge in [0.25, 0.3) is 0 Å². The lowest BCUT2D eigenvalue weighted by Crippen LogP contribution is -2.48. The molecule has 9 heteroatoms. The van der Waals surface area contributed by atoms with E-state index < -0.39 is 5.60 Å². The topological polar surface area (TPSA) is 97.2 Å². The predicted octanol–water partition coefficient (Wildman–Crippen LogP) is 6.19. The number of fused-ring (bicyclic) bond motifs is 1. The molecular weight excluding hydrogens is 490 g/mol. The number of anilines is 2. The van der Waals surface area contributed by atoms with E-state index in [4.69, 9.17) is 9.72 Å². The molecule has 2 atom stereocenters. The Balaban J connectivity index is 1.27. The van der Waals surface area contributed by atoms with Crippen LogP contribution in [-0.2, 0) is 4.74 Å². The van der Waals surface area contributed by atoms with Crippen molar-refractivity contribution in [3.8, 4) is 5.82 Å². The molecular formula is C30H37N7O2. The predicted molar refractivity (Wildman–Crippen MR) is 154 cm³/mol. The van der Waals surface area contributed by atoms with E-state index in [2.05, 4.69) is 39.7 Å². The lowest BCUT2D eigenvalue weighted by Gasteiger charge is -2.37. The minimum atomic E-state index is -0.503. The summed E-state index contributed by atoms with van der Waals surface area (Å²) in [5, 5.41) is 6.90. The van der Waals surface area contributed by atoms with Crippen LogP contribution in [0.1, 0.15) is 58.6 Å². The minimum Gasteiger partial charge on any atom is -0.444 e. The SMILES string of the molecule is C[C@H](Nc1nccc(-n2cnc3cc(NC[C@H]4CCCCN4C(=O)OC(C)(C)C)ccc32)n1)c1ccccc1. The van der Waals surface area contributed by atoms with E-state index in [1.54, 1.807) is 12.5 Å². The van der Waals surface area contributed by atoms with Gasteiger partial charge in [0, 0.05) is 25.0 Å². The van der Waals surface area contributed by atoms with Crippen molar-refractivity contribution in [1.82, 2.24) is 24.4 Å². The standard InChI is InChI=1S/C30H37N7O2/c1-21(22-10-6-5-7-11-22)34-28-31-16-15-27(35-28)37-20-33-25-18-23(13-14-26(25)37)32-19-24-12-8-9-17-36(24)29(38)39-30(2,3)4/h5-7,10-11,13-16,18,20-21,24,32H,8-9,12,17,19H2,1-4H3,(H,31,34,35)/t21-,24+/m0/s1. The van der Waals surface area contributed by atoms with E-state index in [9.17, 15) is 4.79 Å². The largest absolute Gasteiger partial charge is 0.444 e. The third-order valence-corrected chi connectivity index (χ3v) is 6.88. The fourth-order valence-corrected chi connectivity index (χ4v) is 4.89. The van der Waals surface area contributed by atoms with Crippen LogP contribution in [0.15, 0.2) is 67.1 Å². The Morgan fingerprint density at radius 3 is 2.72 bits per heavy atom. The fourth-order valence-electron chi connectivity index (χ4n) is 4.89. The van der Waals surface area contributed by atoms with Crippen LogP contribution in [0.5, 0.6) is 0 Å². The zero-order valence-corrected chi connectivity index (χ0v) is 23.1.